The highest BCUT2D eigenvalue weighted by Gasteiger charge is 2.14. The van der Waals surface area contributed by atoms with Gasteiger partial charge in [-0.15, -0.1) is 0 Å². The van der Waals surface area contributed by atoms with Crippen molar-refractivity contribution in [1.82, 2.24) is 0 Å². The van der Waals surface area contributed by atoms with Crippen molar-refractivity contribution in [1.29, 1.82) is 5.26 Å². The Morgan fingerprint density at radius 2 is 2.12 bits per heavy atom. The largest absolute Gasteiger partial charge is 0.384 e. The zero-order chi connectivity index (χ0) is 12.1. The molecule has 3 heteroatoms. The molecule has 2 rings (SSSR count). The summed E-state index contributed by atoms with van der Waals surface area (Å²) in [4.78, 5) is 0. The van der Waals surface area contributed by atoms with Gasteiger partial charge in [-0.05, 0) is 30.5 Å². The van der Waals surface area contributed by atoms with Crippen LogP contribution in [0.15, 0.2) is 18.2 Å². The summed E-state index contributed by atoms with van der Waals surface area (Å²) >= 11 is 6.08. The Hall–Kier alpha value is -1.20. The van der Waals surface area contributed by atoms with Crippen molar-refractivity contribution in [2.24, 2.45) is 5.92 Å². The lowest BCUT2D eigenvalue weighted by molar-refractivity contribution is 0.518. The molecular formula is C14H17ClN2. The third-order valence-corrected chi connectivity index (χ3v) is 3.77. The zero-order valence-electron chi connectivity index (χ0n) is 9.88. The summed E-state index contributed by atoms with van der Waals surface area (Å²) in [5, 5.41) is 12.9. The van der Waals surface area contributed by atoms with Gasteiger partial charge in [0.2, 0.25) is 0 Å². The van der Waals surface area contributed by atoms with E-state index in [4.69, 9.17) is 16.9 Å². The van der Waals surface area contributed by atoms with Crippen LogP contribution in [0.2, 0.25) is 5.02 Å². The van der Waals surface area contributed by atoms with Crippen LogP contribution in [0.25, 0.3) is 0 Å². The minimum atomic E-state index is 0.651. The van der Waals surface area contributed by atoms with Crippen LogP contribution >= 0.6 is 11.6 Å². The highest BCUT2D eigenvalue weighted by Crippen LogP contribution is 2.28. The van der Waals surface area contributed by atoms with E-state index in [1.165, 1.54) is 32.1 Å². The lowest BCUT2D eigenvalue weighted by Gasteiger charge is -2.12. The highest BCUT2D eigenvalue weighted by atomic mass is 35.5. The molecule has 0 spiro atoms. The van der Waals surface area contributed by atoms with Gasteiger partial charge in [-0.1, -0.05) is 37.3 Å². The van der Waals surface area contributed by atoms with Crippen LogP contribution in [-0.2, 0) is 0 Å². The third kappa shape index (κ3) is 3.38. The molecule has 1 aromatic rings. The van der Waals surface area contributed by atoms with Gasteiger partial charge in [-0.25, -0.2) is 0 Å². The molecule has 0 unspecified atom stereocenters. The molecule has 1 aliphatic rings. The Balaban J connectivity index is 1.87. The van der Waals surface area contributed by atoms with E-state index in [1.54, 1.807) is 12.1 Å². The summed E-state index contributed by atoms with van der Waals surface area (Å²) in [6, 6.07) is 7.46. The Kier molecular flexibility index (Phi) is 4.28. The monoisotopic (exact) mass is 248 g/mol. The van der Waals surface area contributed by atoms with Crippen molar-refractivity contribution >= 4 is 17.3 Å². The average Bonchev–Trinajstić information content (AvgIpc) is 2.84. The minimum absolute atomic E-state index is 0.651. The lowest BCUT2D eigenvalue weighted by atomic mass is 10.0. The van der Waals surface area contributed by atoms with Crippen LogP contribution in [0, 0.1) is 17.2 Å². The van der Waals surface area contributed by atoms with Gasteiger partial charge in [0.25, 0.3) is 0 Å². The Bertz CT molecular complexity index is 417. The molecule has 1 aromatic carbocycles. The molecular weight excluding hydrogens is 232 g/mol. The van der Waals surface area contributed by atoms with E-state index < -0.39 is 0 Å². The summed E-state index contributed by atoms with van der Waals surface area (Å²) in [5.74, 6) is 0.875. The van der Waals surface area contributed by atoms with Crippen molar-refractivity contribution in [3.05, 3.63) is 28.8 Å². The van der Waals surface area contributed by atoms with Crippen LogP contribution in [0.4, 0.5) is 5.69 Å². The summed E-state index contributed by atoms with van der Waals surface area (Å²) in [6.07, 6.45) is 6.71. The van der Waals surface area contributed by atoms with Crippen LogP contribution < -0.4 is 5.32 Å². The fourth-order valence-electron chi connectivity index (χ4n) is 2.44. The molecule has 0 aromatic heterocycles. The standard InChI is InChI=1S/C14H17ClN2/c15-13-6-5-12(10-16)9-14(13)17-8-7-11-3-1-2-4-11/h5-6,9,11,17H,1-4,7-8H2. The predicted molar refractivity (Wildman–Crippen MR) is 71.2 cm³/mol. The molecule has 0 heterocycles. The molecule has 1 aliphatic carbocycles. The summed E-state index contributed by atoms with van der Waals surface area (Å²) in [7, 11) is 0. The van der Waals surface area contributed by atoms with Crippen LogP contribution in [-0.4, -0.2) is 6.54 Å². The number of benzene rings is 1. The number of nitrogens with zero attached hydrogens (tertiary/aromatic N) is 1. The summed E-state index contributed by atoms with van der Waals surface area (Å²) in [5.41, 5.74) is 1.53. The molecule has 0 bridgehead atoms. The molecule has 1 saturated carbocycles. The van der Waals surface area contributed by atoms with Gasteiger partial charge in [-0.2, -0.15) is 5.26 Å². The number of nitrogens with one attached hydrogen (secondary N) is 1. The van der Waals surface area contributed by atoms with Crippen LogP contribution in [0.1, 0.15) is 37.7 Å². The number of rotatable bonds is 4. The SMILES string of the molecule is N#Cc1ccc(Cl)c(NCCC2CCCC2)c1. The van der Waals surface area contributed by atoms with Crippen molar-refractivity contribution in [3.63, 3.8) is 0 Å². The van der Waals surface area contributed by atoms with E-state index in [-0.39, 0.29) is 0 Å². The first-order valence-electron chi connectivity index (χ1n) is 6.23. The Morgan fingerprint density at radius 1 is 1.35 bits per heavy atom. The number of hydrogen-bond acceptors (Lipinski definition) is 2. The third-order valence-electron chi connectivity index (χ3n) is 3.44. The molecule has 0 radical (unpaired) electrons. The van der Waals surface area contributed by atoms with Crippen molar-refractivity contribution in [2.75, 3.05) is 11.9 Å². The highest BCUT2D eigenvalue weighted by molar-refractivity contribution is 6.33. The molecule has 2 nitrogen and oxygen atoms in total. The molecule has 17 heavy (non-hydrogen) atoms. The second-order valence-corrected chi connectivity index (χ2v) is 5.08. The van der Waals surface area contributed by atoms with Gasteiger partial charge in [0.15, 0.2) is 0 Å². The van der Waals surface area contributed by atoms with Gasteiger partial charge in [0.1, 0.15) is 0 Å². The van der Waals surface area contributed by atoms with Gasteiger partial charge < -0.3 is 5.32 Å². The van der Waals surface area contributed by atoms with E-state index in [2.05, 4.69) is 11.4 Å². The number of hydrogen-bond donors (Lipinski definition) is 1. The quantitative estimate of drug-likeness (QED) is 0.867. The Labute approximate surface area is 108 Å². The fourth-order valence-corrected chi connectivity index (χ4v) is 2.62. The van der Waals surface area contributed by atoms with E-state index >= 15 is 0 Å². The Morgan fingerprint density at radius 3 is 2.82 bits per heavy atom. The maximum Gasteiger partial charge on any atom is 0.0992 e. The second-order valence-electron chi connectivity index (χ2n) is 4.67. The summed E-state index contributed by atoms with van der Waals surface area (Å²) in [6.45, 7) is 0.944. The summed E-state index contributed by atoms with van der Waals surface area (Å²) < 4.78 is 0. The van der Waals surface area contributed by atoms with Crippen LogP contribution in [0.5, 0.6) is 0 Å². The topological polar surface area (TPSA) is 35.8 Å². The van der Waals surface area contributed by atoms with Gasteiger partial charge in [-0.3, -0.25) is 0 Å². The number of anilines is 1. The van der Waals surface area contributed by atoms with Gasteiger partial charge in [0.05, 0.1) is 22.3 Å². The van der Waals surface area contributed by atoms with E-state index in [1.807, 2.05) is 6.07 Å². The maximum atomic E-state index is 8.83. The predicted octanol–water partition coefficient (Wildman–Crippen LogP) is 4.20. The first-order valence-corrected chi connectivity index (χ1v) is 6.61. The van der Waals surface area contributed by atoms with E-state index in [0.717, 1.165) is 18.2 Å². The van der Waals surface area contributed by atoms with Crippen LogP contribution in [0.3, 0.4) is 0 Å². The molecule has 1 fully saturated rings. The van der Waals surface area contributed by atoms with E-state index in [0.29, 0.717) is 10.6 Å². The van der Waals surface area contributed by atoms with Crippen molar-refractivity contribution in [3.8, 4) is 6.07 Å². The number of halogens is 1. The molecule has 0 atom stereocenters. The second kappa shape index (κ2) is 5.93. The number of nitriles is 1. The minimum Gasteiger partial charge on any atom is -0.384 e. The molecule has 90 valence electrons. The smallest absolute Gasteiger partial charge is 0.0992 e. The van der Waals surface area contributed by atoms with Crippen molar-refractivity contribution < 1.29 is 0 Å². The fraction of sp³-hybridized carbons (Fsp3) is 0.500. The average molecular weight is 249 g/mol. The molecule has 0 aliphatic heterocycles. The molecule has 0 amide bonds. The zero-order valence-corrected chi connectivity index (χ0v) is 10.6. The first-order chi connectivity index (χ1) is 8.29. The first kappa shape index (κ1) is 12.3. The lowest BCUT2D eigenvalue weighted by Crippen LogP contribution is -2.07. The molecule has 0 saturated heterocycles. The molecule has 1 N–H and O–H groups in total. The maximum absolute atomic E-state index is 8.83. The van der Waals surface area contributed by atoms with Crippen molar-refractivity contribution in [2.45, 2.75) is 32.1 Å². The van der Waals surface area contributed by atoms with Gasteiger partial charge >= 0.3 is 0 Å². The normalized spacial score (nSPS) is 15.8. The van der Waals surface area contributed by atoms with Gasteiger partial charge in [0, 0.05) is 6.54 Å². The van der Waals surface area contributed by atoms with E-state index in [9.17, 15) is 0 Å².